The van der Waals surface area contributed by atoms with E-state index in [9.17, 15) is 18.0 Å². The predicted molar refractivity (Wildman–Crippen MR) is 158 cm³/mol. The molecule has 0 aliphatic rings. The molecule has 1 unspecified atom stereocenters. The molecule has 0 fully saturated rings. The first kappa shape index (κ1) is 32.3. The lowest BCUT2D eigenvalue weighted by atomic mass is 9.93. The zero-order chi connectivity index (χ0) is 29.5. The molecule has 1 heterocycles. The molecule has 1 aromatic heterocycles. The summed E-state index contributed by atoms with van der Waals surface area (Å²) in [5.74, 6) is -0.844. The van der Waals surface area contributed by atoms with Gasteiger partial charge in [0.25, 0.3) is 0 Å². The van der Waals surface area contributed by atoms with Crippen LogP contribution < -0.4 is 4.74 Å². The van der Waals surface area contributed by atoms with Gasteiger partial charge in [0.15, 0.2) is 5.82 Å². The van der Waals surface area contributed by atoms with Crippen LogP contribution in [-0.4, -0.2) is 22.1 Å². The van der Waals surface area contributed by atoms with Gasteiger partial charge in [-0.2, -0.15) is 13.2 Å². The smallest absolute Gasteiger partial charge is 0.391 e. The Kier molecular flexibility index (Phi) is 13.3. The minimum absolute atomic E-state index is 0.0621. The number of alkyl halides is 3. The number of carbonyl (C=O) groups is 1. The number of aromatic nitrogens is 2. The predicted octanol–water partition coefficient (Wildman–Crippen LogP) is 9.96. The molecule has 3 rings (SSSR count). The lowest BCUT2D eigenvalue weighted by Crippen LogP contribution is -2.23. The maximum absolute atomic E-state index is 13.4. The maximum atomic E-state index is 13.4. The van der Waals surface area contributed by atoms with Crippen LogP contribution in [0.25, 0.3) is 11.4 Å². The van der Waals surface area contributed by atoms with E-state index in [4.69, 9.17) is 4.74 Å². The number of rotatable bonds is 17. The van der Waals surface area contributed by atoms with E-state index in [-0.39, 0.29) is 12.8 Å². The number of halogens is 3. The number of ether oxygens (including phenoxy) is 1. The maximum Gasteiger partial charge on any atom is 0.391 e. The van der Waals surface area contributed by atoms with Gasteiger partial charge in [-0.15, -0.1) is 0 Å². The molecule has 0 radical (unpaired) electrons. The summed E-state index contributed by atoms with van der Waals surface area (Å²) in [5, 5.41) is 0. The Morgan fingerprint density at radius 1 is 0.732 bits per heavy atom. The number of hydrogen-bond donors (Lipinski definition) is 0. The van der Waals surface area contributed by atoms with Gasteiger partial charge in [-0.1, -0.05) is 89.5 Å². The molecule has 1 atom stereocenters. The molecule has 3 aromatic rings. The van der Waals surface area contributed by atoms with E-state index in [1.165, 1.54) is 25.7 Å². The minimum Gasteiger partial charge on any atom is -0.423 e. The number of esters is 1. The monoisotopic (exact) mass is 568 g/mol. The fourth-order valence-corrected chi connectivity index (χ4v) is 4.84. The minimum atomic E-state index is -4.18. The summed E-state index contributed by atoms with van der Waals surface area (Å²) in [6.07, 6.45) is 10.6. The molecule has 2 aromatic carbocycles. The molecule has 222 valence electrons. The third-order valence-electron chi connectivity index (χ3n) is 7.44. The van der Waals surface area contributed by atoms with Crippen molar-refractivity contribution in [1.82, 2.24) is 9.97 Å². The third-order valence-corrected chi connectivity index (χ3v) is 7.44. The number of carbonyl (C=O) groups excluding carboxylic acids is 1. The summed E-state index contributed by atoms with van der Waals surface area (Å²) in [4.78, 5) is 21.6. The van der Waals surface area contributed by atoms with Crippen molar-refractivity contribution < 1.29 is 22.7 Å². The number of aryl methyl sites for hydroxylation is 2. The Hall–Kier alpha value is -3.22. The van der Waals surface area contributed by atoms with Crippen LogP contribution in [-0.2, 0) is 12.8 Å². The second kappa shape index (κ2) is 16.9. The standard InChI is InChI=1S/C34H43F3N2O2/c1-3-5-7-9-10-12-27-24-38-32(39-25-27)28-17-19-29(20-18-28)33(40)41-31-22-15-26(16-23-31)14-21-30(34(35,36)37)13-11-8-6-4-2/h15-20,22-25,30H,3-14,21H2,1-2H3. The number of unbranched alkanes of at least 4 members (excludes halogenated alkanes) is 7. The quantitative estimate of drug-likeness (QED) is 0.0924. The molecule has 0 N–H and O–H groups in total. The van der Waals surface area contributed by atoms with Gasteiger partial charge in [0.2, 0.25) is 0 Å². The second-order valence-electron chi connectivity index (χ2n) is 10.8. The SMILES string of the molecule is CCCCCCCc1cnc(-c2ccc(C(=O)Oc3ccc(CCC(CCCCCC)C(F)(F)F)cc3)cc2)nc1. The van der Waals surface area contributed by atoms with E-state index in [1.807, 2.05) is 19.3 Å². The van der Waals surface area contributed by atoms with Gasteiger partial charge in [-0.05, 0) is 67.5 Å². The van der Waals surface area contributed by atoms with E-state index in [2.05, 4.69) is 16.9 Å². The summed E-state index contributed by atoms with van der Waals surface area (Å²) < 4.78 is 45.8. The fraction of sp³-hybridized carbons (Fsp3) is 0.500. The first-order valence-corrected chi connectivity index (χ1v) is 15.1. The molecule has 0 spiro atoms. The molecule has 0 saturated carbocycles. The van der Waals surface area contributed by atoms with Crippen LogP contribution >= 0.6 is 0 Å². The summed E-state index contributed by atoms with van der Waals surface area (Å²) >= 11 is 0. The van der Waals surface area contributed by atoms with E-state index in [0.717, 1.165) is 48.8 Å². The van der Waals surface area contributed by atoms with Gasteiger partial charge in [-0.25, -0.2) is 14.8 Å². The van der Waals surface area contributed by atoms with Crippen molar-refractivity contribution in [2.24, 2.45) is 5.92 Å². The highest BCUT2D eigenvalue weighted by Gasteiger charge is 2.38. The van der Waals surface area contributed by atoms with Gasteiger partial charge in [0.1, 0.15) is 5.75 Å². The summed E-state index contributed by atoms with van der Waals surface area (Å²) in [5.41, 5.74) is 3.11. The molecule has 0 saturated heterocycles. The van der Waals surface area contributed by atoms with Crippen LogP contribution in [0, 0.1) is 5.92 Å². The number of nitrogens with zero attached hydrogens (tertiary/aromatic N) is 2. The van der Waals surface area contributed by atoms with Crippen molar-refractivity contribution in [2.75, 3.05) is 0 Å². The van der Waals surface area contributed by atoms with Gasteiger partial charge < -0.3 is 4.74 Å². The normalized spacial score (nSPS) is 12.3. The average molecular weight is 569 g/mol. The lowest BCUT2D eigenvalue weighted by Gasteiger charge is -2.20. The van der Waals surface area contributed by atoms with Gasteiger partial charge in [-0.3, -0.25) is 0 Å². The highest BCUT2D eigenvalue weighted by molar-refractivity contribution is 5.91. The van der Waals surface area contributed by atoms with Crippen LogP contribution in [0.1, 0.15) is 106 Å². The molecular formula is C34H43F3N2O2. The largest absolute Gasteiger partial charge is 0.423 e. The van der Waals surface area contributed by atoms with Crippen molar-refractivity contribution in [3.63, 3.8) is 0 Å². The molecule has 0 aliphatic heterocycles. The van der Waals surface area contributed by atoms with E-state index in [0.29, 0.717) is 30.0 Å². The first-order valence-electron chi connectivity index (χ1n) is 15.1. The first-order chi connectivity index (χ1) is 19.8. The van der Waals surface area contributed by atoms with E-state index < -0.39 is 18.1 Å². The molecule has 4 nitrogen and oxygen atoms in total. The Balaban J connectivity index is 1.48. The molecule has 41 heavy (non-hydrogen) atoms. The van der Waals surface area contributed by atoms with Crippen molar-refractivity contribution in [2.45, 2.75) is 103 Å². The van der Waals surface area contributed by atoms with Crippen LogP contribution in [0.2, 0.25) is 0 Å². The number of benzene rings is 2. The highest BCUT2D eigenvalue weighted by Crippen LogP contribution is 2.34. The zero-order valence-corrected chi connectivity index (χ0v) is 24.4. The molecule has 0 bridgehead atoms. The second-order valence-corrected chi connectivity index (χ2v) is 10.8. The Bertz CT molecular complexity index is 1160. The Morgan fingerprint density at radius 2 is 1.34 bits per heavy atom. The summed E-state index contributed by atoms with van der Waals surface area (Å²) in [7, 11) is 0. The van der Waals surface area contributed by atoms with Crippen molar-refractivity contribution >= 4 is 5.97 Å². The van der Waals surface area contributed by atoms with Crippen LogP contribution in [0.5, 0.6) is 5.75 Å². The fourth-order valence-electron chi connectivity index (χ4n) is 4.84. The summed E-state index contributed by atoms with van der Waals surface area (Å²) in [6, 6.07) is 13.6. The van der Waals surface area contributed by atoms with Crippen molar-refractivity contribution in [3.05, 3.63) is 77.6 Å². The Morgan fingerprint density at radius 3 is 1.95 bits per heavy atom. The van der Waals surface area contributed by atoms with Gasteiger partial charge >= 0.3 is 12.1 Å². The number of hydrogen-bond acceptors (Lipinski definition) is 4. The molecule has 0 amide bonds. The van der Waals surface area contributed by atoms with E-state index in [1.54, 1.807) is 48.5 Å². The zero-order valence-electron chi connectivity index (χ0n) is 24.4. The average Bonchev–Trinajstić information content (AvgIpc) is 2.97. The highest BCUT2D eigenvalue weighted by atomic mass is 19.4. The van der Waals surface area contributed by atoms with Gasteiger partial charge in [0.05, 0.1) is 11.5 Å². The third kappa shape index (κ3) is 11.3. The Labute approximate surface area is 242 Å². The topological polar surface area (TPSA) is 52.1 Å². The van der Waals surface area contributed by atoms with Crippen molar-refractivity contribution in [1.29, 1.82) is 0 Å². The van der Waals surface area contributed by atoms with Crippen LogP contribution in [0.3, 0.4) is 0 Å². The molecular weight excluding hydrogens is 525 g/mol. The lowest BCUT2D eigenvalue weighted by molar-refractivity contribution is -0.178. The van der Waals surface area contributed by atoms with Crippen LogP contribution in [0.15, 0.2) is 60.9 Å². The van der Waals surface area contributed by atoms with Gasteiger partial charge in [0, 0.05) is 18.0 Å². The van der Waals surface area contributed by atoms with Crippen molar-refractivity contribution in [3.8, 4) is 17.1 Å². The van der Waals surface area contributed by atoms with Crippen LogP contribution in [0.4, 0.5) is 13.2 Å². The molecule has 0 aliphatic carbocycles. The summed E-state index contributed by atoms with van der Waals surface area (Å²) in [6.45, 7) is 4.26. The molecule has 7 heteroatoms. The van der Waals surface area contributed by atoms with E-state index >= 15 is 0 Å².